The van der Waals surface area contributed by atoms with Gasteiger partial charge in [0, 0.05) is 6.42 Å². The van der Waals surface area contributed by atoms with E-state index < -0.39 is 17.2 Å². The van der Waals surface area contributed by atoms with Crippen molar-refractivity contribution in [2.75, 3.05) is 0 Å². The molecule has 1 aromatic carbocycles. The number of aliphatic hydroxyl groups is 1. The monoisotopic (exact) mass is 268 g/mol. The predicted octanol–water partition coefficient (Wildman–Crippen LogP) is 4.08. The Kier molecular flexibility index (Phi) is 3.69. The number of halogens is 2. The molecule has 0 aliphatic heterocycles. The molecule has 1 aromatic rings. The molecule has 2 rings (SSSR count). The molecule has 1 saturated carbocycles. The molecular weight excluding hydrogens is 246 g/mol. The molecule has 0 aromatic heterocycles. The lowest BCUT2D eigenvalue weighted by Gasteiger charge is -2.44. The van der Waals surface area contributed by atoms with Crippen molar-refractivity contribution >= 4 is 0 Å². The van der Waals surface area contributed by atoms with Crippen LogP contribution in [0, 0.1) is 23.0 Å². The van der Waals surface area contributed by atoms with Gasteiger partial charge in [-0.1, -0.05) is 20.8 Å². The maximum atomic E-state index is 13.7. The van der Waals surface area contributed by atoms with Crippen LogP contribution in [0.5, 0.6) is 0 Å². The van der Waals surface area contributed by atoms with Crippen molar-refractivity contribution < 1.29 is 13.9 Å². The van der Waals surface area contributed by atoms with E-state index >= 15 is 0 Å². The molecule has 1 aliphatic carbocycles. The third-order valence-corrected chi connectivity index (χ3v) is 3.96. The SMILES string of the molecule is CC1CC(C)(C)CC(O)(Cc2cc(F)ccc2F)C1. The van der Waals surface area contributed by atoms with Gasteiger partial charge in [-0.3, -0.25) is 0 Å². The molecule has 0 heterocycles. The van der Waals surface area contributed by atoms with Crippen LogP contribution in [0.4, 0.5) is 8.78 Å². The number of hydrogen-bond acceptors (Lipinski definition) is 1. The maximum Gasteiger partial charge on any atom is 0.126 e. The Hall–Kier alpha value is -0.960. The van der Waals surface area contributed by atoms with Crippen molar-refractivity contribution in [2.24, 2.45) is 11.3 Å². The molecule has 2 atom stereocenters. The van der Waals surface area contributed by atoms with E-state index in [-0.39, 0.29) is 17.4 Å². The highest BCUT2D eigenvalue weighted by molar-refractivity contribution is 5.21. The summed E-state index contributed by atoms with van der Waals surface area (Å²) in [5, 5.41) is 10.8. The summed E-state index contributed by atoms with van der Waals surface area (Å²) >= 11 is 0. The zero-order valence-electron chi connectivity index (χ0n) is 11.8. The normalized spacial score (nSPS) is 30.3. The molecule has 1 N–H and O–H groups in total. The minimum absolute atomic E-state index is 0.0379. The van der Waals surface area contributed by atoms with Crippen LogP contribution in [0.1, 0.15) is 45.6 Å². The minimum Gasteiger partial charge on any atom is -0.390 e. The highest BCUT2D eigenvalue weighted by Crippen LogP contribution is 2.45. The van der Waals surface area contributed by atoms with E-state index in [0.29, 0.717) is 18.8 Å². The molecule has 0 radical (unpaired) electrons. The van der Waals surface area contributed by atoms with Crippen molar-refractivity contribution in [3.05, 3.63) is 35.4 Å². The number of rotatable bonds is 2. The van der Waals surface area contributed by atoms with Gasteiger partial charge in [0.15, 0.2) is 0 Å². The smallest absolute Gasteiger partial charge is 0.126 e. The summed E-state index contributed by atoms with van der Waals surface area (Å²) in [6, 6.07) is 3.43. The van der Waals surface area contributed by atoms with Crippen LogP contribution in [0.3, 0.4) is 0 Å². The molecular formula is C16H22F2O. The molecule has 1 fully saturated rings. The maximum absolute atomic E-state index is 13.7. The average molecular weight is 268 g/mol. The first kappa shape index (κ1) is 14.4. The van der Waals surface area contributed by atoms with Gasteiger partial charge in [0.2, 0.25) is 0 Å². The Balaban J connectivity index is 2.23. The van der Waals surface area contributed by atoms with Gasteiger partial charge in [0.05, 0.1) is 5.60 Å². The van der Waals surface area contributed by atoms with E-state index in [0.717, 1.165) is 18.6 Å². The van der Waals surface area contributed by atoms with Crippen molar-refractivity contribution in [1.82, 2.24) is 0 Å². The predicted molar refractivity (Wildman–Crippen MR) is 71.8 cm³/mol. The summed E-state index contributed by atoms with van der Waals surface area (Å²) < 4.78 is 26.9. The van der Waals surface area contributed by atoms with Crippen LogP contribution in [-0.4, -0.2) is 10.7 Å². The van der Waals surface area contributed by atoms with Gasteiger partial charge in [0.1, 0.15) is 11.6 Å². The third kappa shape index (κ3) is 3.53. The first-order valence-electron chi connectivity index (χ1n) is 6.85. The molecule has 0 spiro atoms. The second kappa shape index (κ2) is 4.86. The molecule has 19 heavy (non-hydrogen) atoms. The van der Waals surface area contributed by atoms with Gasteiger partial charge in [0.25, 0.3) is 0 Å². The molecule has 106 valence electrons. The van der Waals surface area contributed by atoms with Crippen molar-refractivity contribution in [3.63, 3.8) is 0 Å². The lowest BCUT2D eigenvalue weighted by Crippen LogP contribution is -2.43. The van der Waals surface area contributed by atoms with Gasteiger partial charge >= 0.3 is 0 Å². The van der Waals surface area contributed by atoms with Gasteiger partial charge in [-0.25, -0.2) is 8.78 Å². The second-order valence-corrected chi connectivity index (χ2v) is 6.99. The van der Waals surface area contributed by atoms with Gasteiger partial charge < -0.3 is 5.11 Å². The quantitative estimate of drug-likeness (QED) is 0.856. The molecule has 0 amide bonds. The molecule has 1 aliphatic rings. The van der Waals surface area contributed by atoms with Crippen LogP contribution >= 0.6 is 0 Å². The van der Waals surface area contributed by atoms with E-state index in [2.05, 4.69) is 20.8 Å². The number of hydrogen-bond donors (Lipinski definition) is 1. The minimum atomic E-state index is -0.935. The van der Waals surface area contributed by atoms with Crippen molar-refractivity contribution in [2.45, 2.75) is 52.1 Å². The fraction of sp³-hybridized carbons (Fsp3) is 0.625. The lowest BCUT2D eigenvalue weighted by molar-refractivity contribution is -0.0579. The molecule has 3 heteroatoms. The van der Waals surface area contributed by atoms with E-state index in [1.807, 2.05) is 0 Å². The molecule has 2 unspecified atom stereocenters. The fourth-order valence-electron chi connectivity index (χ4n) is 3.87. The van der Waals surface area contributed by atoms with Crippen LogP contribution in [0.15, 0.2) is 18.2 Å². The first-order valence-corrected chi connectivity index (χ1v) is 6.85. The van der Waals surface area contributed by atoms with Gasteiger partial charge in [-0.2, -0.15) is 0 Å². The Morgan fingerprint density at radius 3 is 2.58 bits per heavy atom. The Morgan fingerprint density at radius 2 is 1.95 bits per heavy atom. The fourth-order valence-corrected chi connectivity index (χ4v) is 3.87. The Labute approximate surface area is 113 Å². The zero-order valence-corrected chi connectivity index (χ0v) is 11.8. The third-order valence-electron chi connectivity index (χ3n) is 3.96. The highest BCUT2D eigenvalue weighted by atomic mass is 19.1. The van der Waals surface area contributed by atoms with Crippen LogP contribution in [0.2, 0.25) is 0 Å². The number of benzene rings is 1. The van der Waals surface area contributed by atoms with Gasteiger partial charge in [-0.15, -0.1) is 0 Å². The first-order chi connectivity index (χ1) is 8.69. The summed E-state index contributed by atoms with van der Waals surface area (Å²) in [5.41, 5.74) is -0.626. The Bertz CT molecular complexity index is 470. The summed E-state index contributed by atoms with van der Waals surface area (Å²) in [6.07, 6.45) is 2.51. The van der Waals surface area contributed by atoms with Crippen LogP contribution in [-0.2, 0) is 6.42 Å². The van der Waals surface area contributed by atoms with E-state index in [4.69, 9.17) is 0 Å². The van der Waals surface area contributed by atoms with Crippen LogP contribution in [0.25, 0.3) is 0 Å². The largest absolute Gasteiger partial charge is 0.390 e. The molecule has 0 bridgehead atoms. The molecule has 0 saturated heterocycles. The summed E-state index contributed by atoms with van der Waals surface area (Å²) in [5.74, 6) is -0.501. The second-order valence-electron chi connectivity index (χ2n) is 6.99. The van der Waals surface area contributed by atoms with E-state index in [1.165, 1.54) is 6.07 Å². The standard InChI is InChI=1S/C16H22F2O/c1-11-7-15(2,3)10-16(19,8-11)9-12-6-13(17)4-5-14(12)18/h4-6,11,19H,7-10H2,1-3H3. The van der Waals surface area contributed by atoms with Crippen LogP contribution < -0.4 is 0 Å². The van der Waals surface area contributed by atoms with Crippen molar-refractivity contribution in [3.8, 4) is 0 Å². The summed E-state index contributed by atoms with van der Waals surface area (Å²) in [6.45, 7) is 6.35. The average Bonchev–Trinajstić information content (AvgIpc) is 2.19. The summed E-state index contributed by atoms with van der Waals surface area (Å²) in [4.78, 5) is 0. The van der Waals surface area contributed by atoms with E-state index in [1.54, 1.807) is 0 Å². The Morgan fingerprint density at radius 1 is 1.26 bits per heavy atom. The lowest BCUT2D eigenvalue weighted by atomic mass is 9.64. The topological polar surface area (TPSA) is 20.2 Å². The highest BCUT2D eigenvalue weighted by Gasteiger charge is 2.41. The molecule has 1 nitrogen and oxygen atoms in total. The van der Waals surface area contributed by atoms with Gasteiger partial charge in [-0.05, 0) is 54.4 Å². The van der Waals surface area contributed by atoms with E-state index in [9.17, 15) is 13.9 Å². The van der Waals surface area contributed by atoms with Crippen molar-refractivity contribution in [1.29, 1.82) is 0 Å². The summed E-state index contributed by atoms with van der Waals surface area (Å²) in [7, 11) is 0. The zero-order chi connectivity index (χ0) is 14.3.